The molecule has 2 heterocycles. The SMILES string of the molecule is CCOC(=O)C1=C(C)N(CC(=O)Nc2ccccc2C)c2ncnn2[C@H]1c1ccccc1. The number of para-hydroxylation sites is 1. The van der Waals surface area contributed by atoms with Gasteiger partial charge in [0.2, 0.25) is 11.9 Å². The molecule has 1 aliphatic rings. The molecule has 0 saturated carbocycles. The molecule has 3 aromatic rings. The minimum absolute atomic E-state index is 0.0245. The average molecular weight is 431 g/mol. The second-order valence-corrected chi connectivity index (χ2v) is 7.49. The highest BCUT2D eigenvalue weighted by molar-refractivity contribution is 5.97. The number of fused-ring (bicyclic) bond motifs is 1. The van der Waals surface area contributed by atoms with E-state index in [1.165, 1.54) is 6.33 Å². The Morgan fingerprint density at radius 1 is 1.06 bits per heavy atom. The van der Waals surface area contributed by atoms with Crippen molar-refractivity contribution in [1.29, 1.82) is 0 Å². The van der Waals surface area contributed by atoms with Crippen LogP contribution >= 0.6 is 0 Å². The first-order valence-electron chi connectivity index (χ1n) is 10.5. The lowest BCUT2D eigenvalue weighted by molar-refractivity contribution is -0.139. The minimum Gasteiger partial charge on any atom is -0.463 e. The third-order valence-corrected chi connectivity index (χ3v) is 5.44. The molecule has 1 amide bonds. The largest absolute Gasteiger partial charge is 0.463 e. The van der Waals surface area contributed by atoms with Gasteiger partial charge in [-0.3, -0.25) is 4.79 Å². The van der Waals surface area contributed by atoms with E-state index in [1.807, 2.05) is 61.5 Å². The van der Waals surface area contributed by atoms with Gasteiger partial charge in [0.05, 0.1) is 12.2 Å². The number of rotatable bonds is 6. The second-order valence-electron chi connectivity index (χ2n) is 7.49. The molecule has 1 atom stereocenters. The molecule has 0 spiro atoms. The molecule has 32 heavy (non-hydrogen) atoms. The average Bonchev–Trinajstić information content (AvgIpc) is 3.27. The lowest BCUT2D eigenvalue weighted by Crippen LogP contribution is -2.40. The Labute approximate surface area is 186 Å². The van der Waals surface area contributed by atoms with Crippen LogP contribution in [0.5, 0.6) is 0 Å². The van der Waals surface area contributed by atoms with Gasteiger partial charge in [0.25, 0.3) is 0 Å². The summed E-state index contributed by atoms with van der Waals surface area (Å²) in [6.45, 7) is 5.73. The summed E-state index contributed by atoms with van der Waals surface area (Å²) < 4.78 is 7.04. The van der Waals surface area contributed by atoms with Crippen LogP contribution in [0.25, 0.3) is 0 Å². The molecule has 1 aromatic heterocycles. The van der Waals surface area contributed by atoms with Crippen LogP contribution in [-0.2, 0) is 14.3 Å². The Balaban J connectivity index is 1.73. The highest BCUT2D eigenvalue weighted by atomic mass is 16.5. The van der Waals surface area contributed by atoms with Crippen LogP contribution in [0.2, 0.25) is 0 Å². The molecule has 2 aromatic carbocycles. The van der Waals surface area contributed by atoms with Crippen LogP contribution < -0.4 is 10.2 Å². The predicted molar refractivity (Wildman–Crippen MR) is 121 cm³/mol. The quantitative estimate of drug-likeness (QED) is 0.601. The van der Waals surface area contributed by atoms with E-state index in [0.717, 1.165) is 16.8 Å². The molecular formula is C24H25N5O3. The van der Waals surface area contributed by atoms with Crippen LogP contribution in [-0.4, -0.2) is 39.8 Å². The van der Waals surface area contributed by atoms with E-state index in [2.05, 4.69) is 15.4 Å². The molecular weight excluding hydrogens is 406 g/mol. The first-order valence-corrected chi connectivity index (χ1v) is 10.5. The first kappa shape index (κ1) is 21.3. The van der Waals surface area contributed by atoms with Crippen LogP contribution in [0.3, 0.4) is 0 Å². The molecule has 0 fully saturated rings. The van der Waals surface area contributed by atoms with E-state index in [4.69, 9.17) is 4.74 Å². The van der Waals surface area contributed by atoms with Crippen molar-refractivity contribution in [2.75, 3.05) is 23.4 Å². The predicted octanol–water partition coefficient (Wildman–Crippen LogP) is 3.47. The summed E-state index contributed by atoms with van der Waals surface area (Å²) in [7, 11) is 0. The van der Waals surface area contributed by atoms with E-state index < -0.39 is 12.0 Å². The van der Waals surface area contributed by atoms with Crippen LogP contribution in [0.15, 0.2) is 72.2 Å². The van der Waals surface area contributed by atoms with Crippen LogP contribution in [0, 0.1) is 6.92 Å². The highest BCUT2D eigenvalue weighted by Gasteiger charge is 2.38. The third-order valence-electron chi connectivity index (χ3n) is 5.44. The van der Waals surface area contributed by atoms with Gasteiger partial charge in [-0.25, -0.2) is 9.48 Å². The van der Waals surface area contributed by atoms with E-state index >= 15 is 0 Å². The molecule has 1 N–H and O–H groups in total. The van der Waals surface area contributed by atoms with Crippen molar-refractivity contribution >= 4 is 23.5 Å². The summed E-state index contributed by atoms with van der Waals surface area (Å²) in [6.07, 6.45) is 1.43. The van der Waals surface area contributed by atoms with E-state index in [1.54, 1.807) is 23.4 Å². The third kappa shape index (κ3) is 3.99. The molecule has 0 unspecified atom stereocenters. The van der Waals surface area contributed by atoms with E-state index in [-0.39, 0.29) is 19.1 Å². The van der Waals surface area contributed by atoms with Gasteiger partial charge in [-0.15, -0.1) is 0 Å². The Morgan fingerprint density at radius 3 is 2.50 bits per heavy atom. The number of hydrogen-bond acceptors (Lipinski definition) is 6. The molecule has 0 radical (unpaired) electrons. The van der Waals surface area contributed by atoms with Gasteiger partial charge in [0.15, 0.2) is 0 Å². The van der Waals surface area contributed by atoms with Crippen molar-refractivity contribution in [3.8, 4) is 0 Å². The fourth-order valence-electron chi connectivity index (χ4n) is 3.88. The van der Waals surface area contributed by atoms with Crippen molar-refractivity contribution < 1.29 is 14.3 Å². The van der Waals surface area contributed by atoms with Gasteiger partial charge >= 0.3 is 5.97 Å². The van der Waals surface area contributed by atoms with Crippen molar-refractivity contribution in [3.05, 3.63) is 83.3 Å². The zero-order valence-corrected chi connectivity index (χ0v) is 18.3. The number of carbonyl (C=O) groups is 2. The van der Waals surface area contributed by atoms with E-state index in [9.17, 15) is 9.59 Å². The summed E-state index contributed by atoms with van der Waals surface area (Å²) in [6, 6.07) is 16.7. The normalized spacial score (nSPS) is 15.3. The zero-order valence-electron chi connectivity index (χ0n) is 18.3. The molecule has 0 bridgehead atoms. The summed E-state index contributed by atoms with van der Waals surface area (Å²) in [5.41, 5.74) is 3.62. The van der Waals surface area contributed by atoms with Crippen molar-refractivity contribution in [3.63, 3.8) is 0 Å². The number of carbonyl (C=O) groups excluding carboxylic acids is 2. The maximum atomic E-state index is 13.0. The lowest BCUT2D eigenvalue weighted by atomic mass is 9.95. The summed E-state index contributed by atoms with van der Waals surface area (Å²) in [5.74, 6) is -0.178. The fraction of sp³-hybridized carbons (Fsp3) is 0.250. The van der Waals surface area contributed by atoms with Gasteiger partial charge in [0.1, 0.15) is 18.9 Å². The number of hydrogen-bond donors (Lipinski definition) is 1. The number of amides is 1. The smallest absolute Gasteiger partial charge is 0.338 e. The first-order chi connectivity index (χ1) is 15.5. The second kappa shape index (κ2) is 9.05. The number of allylic oxidation sites excluding steroid dienone is 1. The number of nitrogens with zero attached hydrogens (tertiary/aromatic N) is 4. The fourth-order valence-corrected chi connectivity index (χ4v) is 3.88. The van der Waals surface area contributed by atoms with Crippen molar-refractivity contribution in [2.45, 2.75) is 26.8 Å². The van der Waals surface area contributed by atoms with Gasteiger partial charge in [-0.05, 0) is 38.0 Å². The summed E-state index contributed by atoms with van der Waals surface area (Å²) in [4.78, 5) is 32.0. The van der Waals surface area contributed by atoms with Gasteiger partial charge in [-0.1, -0.05) is 48.5 Å². The number of ether oxygens (including phenoxy) is 1. The lowest BCUT2D eigenvalue weighted by Gasteiger charge is -2.35. The summed E-state index contributed by atoms with van der Waals surface area (Å²) in [5, 5.41) is 7.32. The highest BCUT2D eigenvalue weighted by Crippen LogP contribution is 2.38. The molecule has 8 heteroatoms. The standard InChI is InChI=1S/C24H25N5O3/c1-4-32-23(31)21-17(3)28(14-20(30)27-19-13-9-8-10-16(19)2)24-25-15-26-29(24)22(21)18-11-6-5-7-12-18/h5-13,15,22H,4,14H2,1-3H3,(H,27,30)/t22-/m0/s1. The molecule has 164 valence electrons. The molecule has 8 nitrogen and oxygen atoms in total. The van der Waals surface area contributed by atoms with Crippen molar-refractivity contribution in [1.82, 2.24) is 14.8 Å². The minimum atomic E-state index is -0.497. The Morgan fingerprint density at radius 2 is 1.78 bits per heavy atom. The zero-order chi connectivity index (χ0) is 22.7. The van der Waals surface area contributed by atoms with Crippen LogP contribution in [0.1, 0.15) is 31.0 Å². The van der Waals surface area contributed by atoms with Crippen LogP contribution in [0.4, 0.5) is 11.6 Å². The topological polar surface area (TPSA) is 89.3 Å². The molecule has 0 aliphatic carbocycles. The number of benzene rings is 2. The molecule has 1 aliphatic heterocycles. The number of nitrogens with one attached hydrogen (secondary N) is 1. The number of esters is 1. The number of aromatic nitrogens is 3. The number of anilines is 2. The van der Waals surface area contributed by atoms with Gasteiger partial charge in [-0.2, -0.15) is 10.1 Å². The molecule has 0 saturated heterocycles. The van der Waals surface area contributed by atoms with Crippen molar-refractivity contribution in [2.24, 2.45) is 0 Å². The summed E-state index contributed by atoms with van der Waals surface area (Å²) >= 11 is 0. The maximum absolute atomic E-state index is 13.0. The molecule has 4 rings (SSSR count). The number of aryl methyl sites for hydroxylation is 1. The monoisotopic (exact) mass is 431 g/mol. The maximum Gasteiger partial charge on any atom is 0.338 e. The Bertz CT molecular complexity index is 1170. The van der Waals surface area contributed by atoms with E-state index in [0.29, 0.717) is 17.2 Å². The van der Waals surface area contributed by atoms with Gasteiger partial charge < -0.3 is 15.0 Å². The Kier molecular flexibility index (Phi) is 6.02. The Hall–Kier alpha value is -3.94. The van der Waals surface area contributed by atoms with Gasteiger partial charge in [0, 0.05) is 11.4 Å².